The number of amides is 1. The highest BCUT2D eigenvalue weighted by Gasteiger charge is 2.20. The van der Waals surface area contributed by atoms with Crippen LogP contribution in [-0.2, 0) is 14.3 Å². The maximum Gasteiger partial charge on any atom is 0.305 e. The third-order valence-electron chi connectivity index (χ3n) is 19.6. The molecular weight excluding hydrogens is 1080 g/mol. The van der Waals surface area contributed by atoms with Crippen LogP contribution in [0.4, 0.5) is 0 Å². The lowest BCUT2D eigenvalue weighted by molar-refractivity contribution is -0.143. The van der Waals surface area contributed by atoms with Gasteiger partial charge in [-0.2, -0.15) is 0 Å². The molecule has 0 aromatic rings. The van der Waals surface area contributed by atoms with Crippen LogP contribution >= 0.6 is 0 Å². The van der Waals surface area contributed by atoms with Gasteiger partial charge in [-0.15, -0.1) is 0 Å². The summed E-state index contributed by atoms with van der Waals surface area (Å²) in [5.41, 5.74) is 0. The van der Waals surface area contributed by atoms with E-state index >= 15 is 0 Å². The van der Waals surface area contributed by atoms with Crippen LogP contribution in [0.15, 0.2) is 12.2 Å². The minimum absolute atomic E-state index is 0.0218. The number of nitrogens with one attached hydrogen (secondary N) is 1. The molecule has 0 bridgehead atoms. The molecule has 6 heteroatoms. The highest BCUT2D eigenvalue weighted by Crippen LogP contribution is 2.21. The van der Waals surface area contributed by atoms with E-state index < -0.39 is 12.1 Å². The number of aliphatic hydroxyl groups is 2. The van der Waals surface area contributed by atoms with E-state index in [-0.39, 0.29) is 18.5 Å². The number of ether oxygens (including phenoxy) is 1. The molecule has 2 atom stereocenters. The van der Waals surface area contributed by atoms with E-state index in [0.717, 1.165) is 38.5 Å². The number of aliphatic hydroxyl groups excluding tert-OH is 2. The van der Waals surface area contributed by atoms with Crippen LogP contribution in [0.1, 0.15) is 476 Å². The van der Waals surface area contributed by atoms with E-state index in [0.29, 0.717) is 25.9 Å². The summed E-state index contributed by atoms with van der Waals surface area (Å²) >= 11 is 0. The summed E-state index contributed by atoms with van der Waals surface area (Å²) in [6.45, 7) is 5.02. The van der Waals surface area contributed by atoms with Crippen molar-refractivity contribution in [2.75, 3.05) is 13.2 Å². The van der Waals surface area contributed by atoms with Gasteiger partial charge in [0.1, 0.15) is 0 Å². The molecule has 0 aliphatic heterocycles. The van der Waals surface area contributed by atoms with Gasteiger partial charge < -0.3 is 20.3 Å². The number of allylic oxidation sites excluding steroid dienone is 2. The lowest BCUT2D eigenvalue weighted by Crippen LogP contribution is -2.45. The van der Waals surface area contributed by atoms with Gasteiger partial charge in [0.15, 0.2) is 0 Å². The van der Waals surface area contributed by atoms with E-state index in [9.17, 15) is 19.8 Å². The van der Waals surface area contributed by atoms with E-state index in [1.54, 1.807) is 0 Å². The Hall–Kier alpha value is -1.40. The summed E-state index contributed by atoms with van der Waals surface area (Å²) in [6, 6.07) is -0.543. The van der Waals surface area contributed by atoms with Crippen molar-refractivity contribution in [3.8, 4) is 0 Å². The van der Waals surface area contributed by atoms with Crippen molar-refractivity contribution in [3.63, 3.8) is 0 Å². The van der Waals surface area contributed by atoms with Crippen LogP contribution in [0, 0.1) is 0 Å². The number of carbonyl (C=O) groups excluding carboxylic acids is 2. The quantitative estimate of drug-likeness (QED) is 0.0320. The average Bonchev–Trinajstić information content (AvgIpc) is 3.58. The Balaban J connectivity index is 3.36. The Bertz CT molecular complexity index is 1340. The SMILES string of the molecule is CCCCCCCCCCCCCCCCCCCCCCCCCCCC(O)C(CO)NC(=O)CCCCCCCCCCCCCC/C=C\CCCCCCCCCCCCCCOC(=O)CCCCCCCCCCCCCCCCCCCC. The Labute approximate surface area is 552 Å². The molecule has 3 N–H and O–H groups in total. The van der Waals surface area contributed by atoms with E-state index in [1.165, 1.54) is 405 Å². The molecule has 0 rings (SSSR count). The molecular formula is C82H161NO5. The number of unbranched alkanes of at least 4 members (excludes halogenated alkanes) is 65. The summed E-state index contributed by atoms with van der Waals surface area (Å²) in [4.78, 5) is 24.7. The van der Waals surface area contributed by atoms with Gasteiger partial charge in [-0.3, -0.25) is 9.59 Å². The first-order chi connectivity index (χ1) is 43.5. The number of carbonyl (C=O) groups is 2. The Kier molecular flexibility index (Phi) is 76.8. The predicted molar refractivity (Wildman–Crippen MR) is 389 cm³/mol. The van der Waals surface area contributed by atoms with E-state index in [2.05, 4.69) is 31.3 Å². The van der Waals surface area contributed by atoms with Gasteiger partial charge in [-0.05, 0) is 51.4 Å². The van der Waals surface area contributed by atoms with Crippen molar-refractivity contribution >= 4 is 11.9 Å². The molecule has 0 spiro atoms. The van der Waals surface area contributed by atoms with Crippen molar-refractivity contribution < 1.29 is 24.5 Å². The molecule has 0 aromatic carbocycles. The van der Waals surface area contributed by atoms with Crippen molar-refractivity contribution in [1.82, 2.24) is 5.32 Å². The number of hydrogen-bond acceptors (Lipinski definition) is 5. The monoisotopic (exact) mass is 1240 g/mol. The van der Waals surface area contributed by atoms with Gasteiger partial charge in [0.05, 0.1) is 25.4 Å². The second-order valence-electron chi connectivity index (χ2n) is 28.5. The molecule has 1 amide bonds. The molecule has 0 saturated heterocycles. The molecule has 2 unspecified atom stereocenters. The van der Waals surface area contributed by atoms with Crippen LogP contribution in [0.5, 0.6) is 0 Å². The van der Waals surface area contributed by atoms with Gasteiger partial charge in [0.2, 0.25) is 5.91 Å². The third-order valence-corrected chi connectivity index (χ3v) is 19.6. The second-order valence-corrected chi connectivity index (χ2v) is 28.5. The zero-order valence-corrected chi connectivity index (χ0v) is 60.3. The number of hydrogen-bond donors (Lipinski definition) is 3. The lowest BCUT2D eigenvalue weighted by Gasteiger charge is -2.22. The van der Waals surface area contributed by atoms with E-state index in [4.69, 9.17) is 4.74 Å². The predicted octanol–water partition coefficient (Wildman–Crippen LogP) is 27.1. The standard InChI is InChI=1S/C82H161NO5/c1-3-5-7-9-11-13-15-17-19-21-23-24-25-30-33-36-39-42-46-50-54-58-62-66-70-74-80(85)79(78-84)83-81(86)75-71-67-63-59-55-51-47-43-40-37-34-31-28-26-27-29-32-35-38-41-45-49-53-57-61-65-69-73-77-88-82(87)76-72-68-64-60-56-52-48-44-22-20-18-16-14-12-10-8-6-4-2/h26-27,79-80,84-85H,3-25,28-78H2,1-2H3,(H,83,86)/b27-26-. The first kappa shape index (κ1) is 86.6. The highest BCUT2D eigenvalue weighted by atomic mass is 16.5. The van der Waals surface area contributed by atoms with Crippen molar-refractivity contribution in [2.45, 2.75) is 488 Å². The summed E-state index contributed by atoms with van der Waals surface area (Å²) in [5, 5.41) is 23.5. The molecule has 0 radical (unpaired) electrons. The first-order valence-corrected chi connectivity index (χ1v) is 40.9. The van der Waals surface area contributed by atoms with Crippen LogP contribution in [0.2, 0.25) is 0 Å². The topological polar surface area (TPSA) is 95.9 Å². The Morgan fingerprint density at radius 2 is 0.534 bits per heavy atom. The molecule has 524 valence electrons. The van der Waals surface area contributed by atoms with Crippen LogP contribution < -0.4 is 5.32 Å². The molecule has 6 nitrogen and oxygen atoms in total. The molecule has 0 heterocycles. The van der Waals surface area contributed by atoms with E-state index in [1.807, 2.05) is 0 Å². The average molecular weight is 1240 g/mol. The molecule has 88 heavy (non-hydrogen) atoms. The van der Waals surface area contributed by atoms with Crippen LogP contribution in [0.25, 0.3) is 0 Å². The van der Waals surface area contributed by atoms with Gasteiger partial charge in [0, 0.05) is 12.8 Å². The molecule has 0 aromatic heterocycles. The van der Waals surface area contributed by atoms with Crippen LogP contribution in [0.3, 0.4) is 0 Å². The maximum atomic E-state index is 12.6. The maximum absolute atomic E-state index is 12.6. The molecule has 0 aliphatic rings. The van der Waals surface area contributed by atoms with Crippen molar-refractivity contribution in [1.29, 1.82) is 0 Å². The van der Waals surface area contributed by atoms with Crippen molar-refractivity contribution in [2.24, 2.45) is 0 Å². The molecule has 0 saturated carbocycles. The normalized spacial score (nSPS) is 12.5. The van der Waals surface area contributed by atoms with Crippen molar-refractivity contribution in [3.05, 3.63) is 12.2 Å². The third kappa shape index (κ3) is 73.6. The summed E-state index contributed by atoms with van der Waals surface area (Å²) in [6.07, 6.45) is 98.8. The minimum Gasteiger partial charge on any atom is -0.466 e. The van der Waals surface area contributed by atoms with Gasteiger partial charge >= 0.3 is 5.97 Å². The fourth-order valence-electron chi connectivity index (χ4n) is 13.3. The molecule has 0 fully saturated rings. The highest BCUT2D eigenvalue weighted by molar-refractivity contribution is 5.76. The zero-order chi connectivity index (χ0) is 63.5. The molecule has 0 aliphatic carbocycles. The second kappa shape index (κ2) is 78.0. The first-order valence-electron chi connectivity index (χ1n) is 40.9. The fourth-order valence-corrected chi connectivity index (χ4v) is 13.3. The lowest BCUT2D eigenvalue weighted by atomic mass is 10.0. The largest absolute Gasteiger partial charge is 0.466 e. The van der Waals surface area contributed by atoms with Crippen LogP contribution in [-0.4, -0.2) is 47.4 Å². The zero-order valence-electron chi connectivity index (χ0n) is 60.3. The summed E-state index contributed by atoms with van der Waals surface area (Å²) in [5.74, 6) is -0.00668. The minimum atomic E-state index is -0.666. The number of esters is 1. The summed E-state index contributed by atoms with van der Waals surface area (Å²) in [7, 11) is 0. The van der Waals surface area contributed by atoms with Gasteiger partial charge in [-0.25, -0.2) is 0 Å². The smallest absolute Gasteiger partial charge is 0.305 e. The Morgan fingerprint density at radius 1 is 0.307 bits per heavy atom. The number of rotatable bonds is 78. The van der Waals surface area contributed by atoms with Gasteiger partial charge in [0.25, 0.3) is 0 Å². The summed E-state index contributed by atoms with van der Waals surface area (Å²) < 4.78 is 5.52. The fraction of sp³-hybridized carbons (Fsp3) is 0.951. The Morgan fingerprint density at radius 3 is 0.807 bits per heavy atom. The van der Waals surface area contributed by atoms with Gasteiger partial charge in [-0.1, -0.05) is 424 Å².